The van der Waals surface area contributed by atoms with Crippen molar-refractivity contribution in [1.82, 2.24) is 15.0 Å². The van der Waals surface area contributed by atoms with E-state index in [9.17, 15) is 0 Å². The highest BCUT2D eigenvalue weighted by atomic mass is 32.2. The Kier molecular flexibility index (Phi) is 3.96. The van der Waals surface area contributed by atoms with Gasteiger partial charge in [0.25, 0.3) is 0 Å². The summed E-state index contributed by atoms with van der Waals surface area (Å²) in [5.41, 5.74) is 6.35. The number of aryl methyl sites for hydroxylation is 2. The predicted octanol–water partition coefficient (Wildman–Crippen LogP) is 5.31. The van der Waals surface area contributed by atoms with Gasteiger partial charge in [-0.25, -0.2) is 9.97 Å². The zero-order valence-corrected chi connectivity index (χ0v) is 15.1. The largest absolute Gasteiger partial charge is 0.353 e. The molecule has 0 aliphatic heterocycles. The third kappa shape index (κ3) is 2.77. The second-order valence-electron chi connectivity index (χ2n) is 6.54. The molecule has 0 atom stereocenters. The third-order valence-electron chi connectivity index (χ3n) is 4.78. The Morgan fingerprint density at radius 2 is 1.96 bits per heavy atom. The summed E-state index contributed by atoms with van der Waals surface area (Å²) in [6.45, 7) is 3.96. The number of thioether (sulfide) groups is 1. The molecule has 4 rings (SSSR count). The average molecular weight is 338 g/mol. The maximum Gasteiger partial charge on any atom is 0.180 e. The normalized spacial score (nSPS) is 14.8. The molecule has 2 N–H and O–H groups in total. The Morgan fingerprint density at radius 1 is 1.12 bits per heavy atom. The summed E-state index contributed by atoms with van der Waals surface area (Å²) >= 11 is 1.79. The van der Waals surface area contributed by atoms with Crippen molar-refractivity contribution in [1.29, 1.82) is 0 Å². The number of aromatic amines is 1. The van der Waals surface area contributed by atoms with E-state index in [1.165, 1.54) is 29.7 Å². The van der Waals surface area contributed by atoms with Gasteiger partial charge in [0.2, 0.25) is 0 Å². The number of imidazole rings is 1. The molecule has 24 heavy (non-hydrogen) atoms. The third-order valence-corrected chi connectivity index (χ3v) is 5.56. The molecule has 0 saturated heterocycles. The fraction of sp³-hybridized carbons (Fsp3) is 0.368. The summed E-state index contributed by atoms with van der Waals surface area (Å²) in [6, 6.07) is 8.91. The molecule has 0 amide bonds. The molecule has 5 heteroatoms. The van der Waals surface area contributed by atoms with Gasteiger partial charge in [0.15, 0.2) is 5.65 Å². The van der Waals surface area contributed by atoms with Crippen LogP contribution in [0.2, 0.25) is 0 Å². The van der Waals surface area contributed by atoms with Gasteiger partial charge in [-0.1, -0.05) is 12.5 Å². The van der Waals surface area contributed by atoms with Crippen molar-refractivity contribution in [3.05, 3.63) is 41.3 Å². The fourth-order valence-corrected chi connectivity index (χ4v) is 3.87. The van der Waals surface area contributed by atoms with Gasteiger partial charge in [-0.05, 0) is 62.6 Å². The van der Waals surface area contributed by atoms with Crippen molar-refractivity contribution in [2.45, 2.75) is 43.9 Å². The summed E-state index contributed by atoms with van der Waals surface area (Å²) in [5, 5.41) is 3.59. The van der Waals surface area contributed by atoms with Crippen molar-refractivity contribution in [2.24, 2.45) is 0 Å². The van der Waals surface area contributed by atoms with Crippen LogP contribution in [0.5, 0.6) is 0 Å². The van der Waals surface area contributed by atoms with E-state index >= 15 is 0 Å². The van der Waals surface area contributed by atoms with Crippen LogP contribution in [0, 0.1) is 13.8 Å². The van der Waals surface area contributed by atoms with Gasteiger partial charge >= 0.3 is 0 Å². The Balaban J connectivity index is 1.72. The van der Waals surface area contributed by atoms with E-state index in [0.29, 0.717) is 0 Å². The second-order valence-corrected chi connectivity index (χ2v) is 7.39. The van der Waals surface area contributed by atoms with Crippen LogP contribution in [0.15, 0.2) is 29.2 Å². The lowest BCUT2D eigenvalue weighted by Gasteiger charge is -2.26. The number of anilines is 2. The number of pyridine rings is 1. The van der Waals surface area contributed by atoms with E-state index in [1.807, 2.05) is 13.8 Å². The number of H-pyrrole nitrogens is 1. The number of nitrogens with zero attached hydrogens (tertiary/aromatic N) is 2. The summed E-state index contributed by atoms with van der Waals surface area (Å²) < 4.78 is 0. The molecule has 1 aromatic carbocycles. The SMILES string of the molecule is CSc1cc(C2CCC2)ccc1Nc1cc(C)nc2nc(C)[nH]c12. The van der Waals surface area contributed by atoms with E-state index in [4.69, 9.17) is 0 Å². The Hall–Kier alpha value is -2.01. The average Bonchev–Trinajstić information content (AvgIpc) is 2.87. The lowest BCUT2D eigenvalue weighted by molar-refractivity contribution is 0.419. The van der Waals surface area contributed by atoms with Crippen LogP contribution in [-0.4, -0.2) is 21.2 Å². The molecule has 0 spiro atoms. The standard InChI is InChI=1S/C19H22N4S/c1-11-9-16(18-19(20-11)22-12(2)21-18)23-15-8-7-14(10-17(15)24-3)13-5-4-6-13/h7-10,13H,4-6H2,1-3H3,(H2,20,21,22,23). The van der Waals surface area contributed by atoms with Crippen LogP contribution < -0.4 is 5.32 Å². The molecule has 1 aliphatic rings. The quantitative estimate of drug-likeness (QED) is 0.633. The van der Waals surface area contributed by atoms with E-state index in [-0.39, 0.29) is 0 Å². The van der Waals surface area contributed by atoms with Crippen LogP contribution in [0.25, 0.3) is 11.2 Å². The minimum absolute atomic E-state index is 0.759. The fourth-order valence-electron chi connectivity index (χ4n) is 3.28. The highest BCUT2D eigenvalue weighted by Crippen LogP contribution is 2.40. The first kappa shape index (κ1) is 15.5. The molecule has 0 unspecified atom stereocenters. The van der Waals surface area contributed by atoms with Gasteiger partial charge in [-0.2, -0.15) is 0 Å². The minimum Gasteiger partial charge on any atom is -0.353 e. The van der Waals surface area contributed by atoms with Crippen LogP contribution in [0.1, 0.15) is 42.3 Å². The monoisotopic (exact) mass is 338 g/mol. The molecule has 2 aromatic heterocycles. The molecule has 2 heterocycles. The molecule has 3 aromatic rings. The smallest absolute Gasteiger partial charge is 0.180 e. The van der Waals surface area contributed by atoms with E-state index in [1.54, 1.807) is 11.8 Å². The highest BCUT2D eigenvalue weighted by Gasteiger charge is 2.20. The zero-order chi connectivity index (χ0) is 16.7. The molecule has 0 bridgehead atoms. The number of nitrogens with one attached hydrogen (secondary N) is 2. The van der Waals surface area contributed by atoms with Crippen LogP contribution >= 0.6 is 11.8 Å². The van der Waals surface area contributed by atoms with Crippen molar-refractivity contribution in [3.63, 3.8) is 0 Å². The van der Waals surface area contributed by atoms with Gasteiger partial charge in [0.05, 0.1) is 11.4 Å². The van der Waals surface area contributed by atoms with E-state index < -0.39 is 0 Å². The number of fused-ring (bicyclic) bond motifs is 1. The second kappa shape index (κ2) is 6.13. The molecule has 124 valence electrons. The van der Waals surface area contributed by atoms with Crippen molar-refractivity contribution >= 4 is 34.3 Å². The topological polar surface area (TPSA) is 53.6 Å². The zero-order valence-electron chi connectivity index (χ0n) is 14.3. The van der Waals surface area contributed by atoms with Crippen LogP contribution in [0.4, 0.5) is 11.4 Å². The number of benzene rings is 1. The first-order valence-corrected chi connectivity index (χ1v) is 9.65. The summed E-state index contributed by atoms with van der Waals surface area (Å²) in [5.74, 6) is 1.65. The number of aromatic nitrogens is 3. The van der Waals surface area contributed by atoms with Crippen LogP contribution in [-0.2, 0) is 0 Å². The van der Waals surface area contributed by atoms with E-state index in [0.717, 1.165) is 40.0 Å². The maximum absolute atomic E-state index is 4.51. The van der Waals surface area contributed by atoms with Crippen molar-refractivity contribution < 1.29 is 0 Å². The number of hydrogen-bond acceptors (Lipinski definition) is 4. The minimum atomic E-state index is 0.759. The molecule has 1 aliphatic carbocycles. The lowest BCUT2D eigenvalue weighted by Crippen LogP contribution is -2.09. The Bertz CT molecular complexity index is 896. The van der Waals surface area contributed by atoms with Crippen molar-refractivity contribution in [3.8, 4) is 0 Å². The predicted molar refractivity (Wildman–Crippen MR) is 101 cm³/mol. The molecule has 1 saturated carbocycles. The highest BCUT2D eigenvalue weighted by molar-refractivity contribution is 7.98. The Labute approximate surface area is 146 Å². The van der Waals surface area contributed by atoms with Gasteiger partial charge in [-0.3, -0.25) is 0 Å². The lowest BCUT2D eigenvalue weighted by atomic mass is 9.80. The summed E-state index contributed by atoms with van der Waals surface area (Å²) in [4.78, 5) is 13.6. The molecular weight excluding hydrogens is 316 g/mol. The molecular formula is C19H22N4S. The maximum atomic E-state index is 4.51. The molecule has 4 nitrogen and oxygen atoms in total. The number of hydrogen-bond donors (Lipinski definition) is 2. The van der Waals surface area contributed by atoms with E-state index in [2.05, 4.69) is 50.8 Å². The Morgan fingerprint density at radius 3 is 2.67 bits per heavy atom. The van der Waals surface area contributed by atoms with Crippen LogP contribution in [0.3, 0.4) is 0 Å². The van der Waals surface area contributed by atoms with Crippen molar-refractivity contribution in [2.75, 3.05) is 11.6 Å². The first-order valence-electron chi connectivity index (χ1n) is 8.43. The molecule has 1 fully saturated rings. The summed E-state index contributed by atoms with van der Waals surface area (Å²) in [6.07, 6.45) is 6.17. The van der Waals surface area contributed by atoms with Gasteiger partial charge < -0.3 is 10.3 Å². The van der Waals surface area contributed by atoms with Gasteiger partial charge in [0, 0.05) is 10.6 Å². The number of rotatable bonds is 4. The first-order chi connectivity index (χ1) is 11.6. The molecule has 0 radical (unpaired) electrons. The summed E-state index contributed by atoms with van der Waals surface area (Å²) in [7, 11) is 0. The van der Waals surface area contributed by atoms with Gasteiger partial charge in [0.1, 0.15) is 11.3 Å². The van der Waals surface area contributed by atoms with Gasteiger partial charge in [-0.15, -0.1) is 11.8 Å².